The monoisotopic (exact) mass is 277 g/mol. The molecule has 0 aliphatic carbocycles. The summed E-state index contributed by atoms with van der Waals surface area (Å²) in [4.78, 5) is 28.5. The van der Waals surface area contributed by atoms with Crippen molar-refractivity contribution in [1.29, 1.82) is 0 Å². The van der Waals surface area contributed by atoms with E-state index in [9.17, 15) is 9.59 Å². The van der Waals surface area contributed by atoms with Gasteiger partial charge in [0.25, 0.3) is 5.91 Å². The van der Waals surface area contributed by atoms with E-state index < -0.39 is 5.91 Å². The van der Waals surface area contributed by atoms with E-state index in [4.69, 9.17) is 17.3 Å². The first-order valence-corrected chi connectivity index (χ1v) is 5.96. The highest BCUT2D eigenvalue weighted by atomic mass is 35.5. The summed E-state index contributed by atoms with van der Waals surface area (Å²) in [6, 6.07) is 8.66. The van der Waals surface area contributed by atoms with Gasteiger partial charge in [-0.05, 0) is 12.1 Å². The molecular weight excluding hydrogens is 266 g/mol. The van der Waals surface area contributed by atoms with Crippen molar-refractivity contribution in [1.82, 2.24) is 9.88 Å². The van der Waals surface area contributed by atoms with Gasteiger partial charge in [-0.15, -0.1) is 0 Å². The van der Waals surface area contributed by atoms with E-state index in [0.717, 1.165) is 0 Å². The van der Waals surface area contributed by atoms with Crippen molar-refractivity contribution in [2.45, 2.75) is 0 Å². The molecule has 1 heterocycles. The molecule has 98 valence electrons. The maximum atomic E-state index is 12.3. The maximum Gasteiger partial charge on any atom is 0.254 e. The van der Waals surface area contributed by atoms with E-state index in [1.165, 1.54) is 18.0 Å². The van der Waals surface area contributed by atoms with Gasteiger partial charge in [-0.1, -0.05) is 29.8 Å². The number of carbonyl (C=O) groups excluding carboxylic acids is 2. The second kappa shape index (κ2) is 5.24. The summed E-state index contributed by atoms with van der Waals surface area (Å²) >= 11 is 5.90. The van der Waals surface area contributed by atoms with E-state index in [1.54, 1.807) is 12.1 Å². The number of amides is 2. The fourth-order valence-corrected chi connectivity index (χ4v) is 2.03. The van der Waals surface area contributed by atoms with Crippen LogP contribution in [0.25, 0.3) is 10.9 Å². The number of rotatable bonds is 3. The van der Waals surface area contributed by atoms with Gasteiger partial charge in [0, 0.05) is 12.4 Å². The lowest BCUT2D eigenvalue weighted by atomic mass is 10.1. The van der Waals surface area contributed by atoms with Crippen molar-refractivity contribution < 1.29 is 9.59 Å². The van der Waals surface area contributed by atoms with Gasteiger partial charge in [0.05, 0.1) is 17.6 Å². The van der Waals surface area contributed by atoms with Crippen LogP contribution in [0.3, 0.4) is 0 Å². The van der Waals surface area contributed by atoms with Crippen LogP contribution in [-0.4, -0.2) is 35.3 Å². The molecule has 0 aliphatic rings. The Morgan fingerprint density at radius 2 is 2.05 bits per heavy atom. The number of hydrogen-bond donors (Lipinski definition) is 1. The largest absolute Gasteiger partial charge is 0.368 e. The SMILES string of the molecule is CN(CC(N)=O)C(=O)c1cc(Cl)nc2ccccc12. The second-order valence-corrected chi connectivity index (χ2v) is 4.52. The number of fused-ring (bicyclic) bond motifs is 1. The molecule has 2 rings (SSSR count). The van der Waals surface area contributed by atoms with Crippen molar-refractivity contribution in [2.75, 3.05) is 13.6 Å². The van der Waals surface area contributed by atoms with Gasteiger partial charge < -0.3 is 10.6 Å². The smallest absolute Gasteiger partial charge is 0.254 e. The first-order chi connectivity index (χ1) is 8.99. The Morgan fingerprint density at radius 3 is 2.74 bits per heavy atom. The molecule has 0 fully saturated rings. The lowest BCUT2D eigenvalue weighted by Gasteiger charge is -2.16. The van der Waals surface area contributed by atoms with Gasteiger partial charge in [-0.3, -0.25) is 9.59 Å². The summed E-state index contributed by atoms with van der Waals surface area (Å²) in [5, 5.41) is 0.919. The van der Waals surface area contributed by atoms with E-state index in [0.29, 0.717) is 16.5 Å². The van der Waals surface area contributed by atoms with E-state index >= 15 is 0 Å². The fraction of sp³-hybridized carbons (Fsp3) is 0.154. The van der Waals surface area contributed by atoms with Crippen molar-refractivity contribution in [3.05, 3.63) is 41.0 Å². The van der Waals surface area contributed by atoms with Crippen molar-refractivity contribution in [3.8, 4) is 0 Å². The van der Waals surface area contributed by atoms with Crippen molar-refractivity contribution >= 4 is 34.3 Å². The standard InChI is InChI=1S/C13H12ClN3O2/c1-17(7-12(15)18)13(19)9-6-11(14)16-10-5-3-2-4-8(9)10/h2-6H,7H2,1H3,(H2,15,18). The fourth-order valence-electron chi connectivity index (χ4n) is 1.83. The topological polar surface area (TPSA) is 76.3 Å². The van der Waals surface area contributed by atoms with Crippen LogP contribution < -0.4 is 5.73 Å². The highest BCUT2D eigenvalue weighted by Crippen LogP contribution is 2.21. The number of pyridine rings is 1. The predicted octanol–water partition coefficient (Wildman–Crippen LogP) is 1.45. The molecule has 1 aromatic carbocycles. The molecule has 5 nitrogen and oxygen atoms in total. The van der Waals surface area contributed by atoms with E-state index in [2.05, 4.69) is 4.98 Å². The number of carbonyl (C=O) groups is 2. The summed E-state index contributed by atoms with van der Waals surface area (Å²) in [7, 11) is 1.51. The van der Waals surface area contributed by atoms with Crippen LogP contribution in [0.1, 0.15) is 10.4 Å². The number of para-hydroxylation sites is 1. The third kappa shape index (κ3) is 2.82. The normalized spacial score (nSPS) is 10.4. The Labute approximate surface area is 115 Å². The van der Waals surface area contributed by atoms with Gasteiger partial charge in [0.1, 0.15) is 5.15 Å². The zero-order chi connectivity index (χ0) is 14.0. The van der Waals surface area contributed by atoms with E-state index in [-0.39, 0.29) is 17.6 Å². The first-order valence-electron chi connectivity index (χ1n) is 5.58. The Balaban J connectivity index is 2.49. The molecule has 2 N–H and O–H groups in total. The number of benzene rings is 1. The van der Waals surface area contributed by atoms with Gasteiger partial charge in [-0.2, -0.15) is 0 Å². The molecule has 0 saturated heterocycles. The zero-order valence-electron chi connectivity index (χ0n) is 10.3. The molecule has 2 aromatic rings. The van der Waals surface area contributed by atoms with Crippen LogP contribution in [0.5, 0.6) is 0 Å². The lowest BCUT2D eigenvalue weighted by Crippen LogP contribution is -2.35. The number of likely N-dealkylation sites (N-methyl/N-ethyl adjacent to an activating group) is 1. The molecule has 0 atom stereocenters. The van der Waals surface area contributed by atoms with Crippen LogP contribution in [0, 0.1) is 0 Å². The average Bonchev–Trinajstić information content (AvgIpc) is 2.36. The third-order valence-corrected chi connectivity index (χ3v) is 2.85. The molecule has 0 aliphatic heterocycles. The summed E-state index contributed by atoms with van der Waals surface area (Å²) in [6.07, 6.45) is 0. The quantitative estimate of drug-likeness (QED) is 0.863. The van der Waals surface area contributed by atoms with Crippen LogP contribution in [0.2, 0.25) is 5.15 Å². The minimum atomic E-state index is -0.569. The van der Waals surface area contributed by atoms with Gasteiger partial charge in [-0.25, -0.2) is 4.98 Å². The second-order valence-electron chi connectivity index (χ2n) is 4.14. The molecule has 6 heteroatoms. The van der Waals surface area contributed by atoms with Crippen LogP contribution >= 0.6 is 11.6 Å². The summed E-state index contributed by atoms with van der Waals surface area (Å²) < 4.78 is 0. The summed E-state index contributed by atoms with van der Waals surface area (Å²) in [5.74, 6) is -0.889. The molecular formula is C13H12ClN3O2. The Bertz CT molecular complexity index is 657. The van der Waals surface area contributed by atoms with E-state index in [1.807, 2.05) is 12.1 Å². The zero-order valence-corrected chi connectivity index (χ0v) is 11.0. The van der Waals surface area contributed by atoms with Gasteiger partial charge in [0.2, 0.25) is 5.91 Å². The highest BCUT2D eigenvalue weighted by molar-refractivity contribution is 6.30. The number of primary amides is 1. The minimum absolute atomic E-state index is 0.146. The van der Waals surface area contributed by atoms with Crippen LogP contribution in [-0.2, 0) is 4.79 Å². The Hall–Kier alpha value is -2.14. The molecule has 2 amide bonds. The highest BCUT2D eigenvalue weighted by Gasteiger charge is 2.17. The molecule has 1 aromatic heterocycles. The van der Waals surface area contributed by atoms with Crippen LogP contribution in [0.4, 0.5) is 0 Å². The molecule has 0 radical (unpaired) electrons. The molecule has 0 bridgehead atoms. The number of nitrogens with zero attached hydrogens (tertiary/aromatic N) is 2. The third-order valence-electron chi connectivity index (χ3n) is 2.66. The van der Waals surface area contributed by atoms with Crippen molar-refractivity contribution in [2.24, 2.45) is 5.73 Å². The summed E-state index contributed by atoms with van der Waals surface area (Å²) in [5.41, 5.74) is 6.11. The maximum absolute atomic E-state index is 12.3. The summed E-state index contributed by atoms with van der Waals surface area (Å²) in [6.45, 7) is -0.146. The van der Waals surface area contributed by atoms with Crippen molar-refractivity contribution in [3.63, 3.8) is 0 Å². The molecule has 19 heavy (non-hydrogen) atoms. The number of nitrogens with two attached hydrogens (primary N) is 1. The molecule has 0 saturated carbocycles. The predicted molar refractivity (Wildman–Crippen MR) is 72.9 cm³/mol. The number of halogens is 1. The minimum Gasteiger partial charge on any atom is -0.368 e. The number of hydrogen-bond acceptors (Lipinski definition) is 3. The first kappa shape index (κ1) is 13.3. The van der Waals surface area contributed by atoms with Gasteiger partial charge >= 0.3 is 0 Å². The average molecular weight is 278 g/mol. The number of aromatic nitrogens is 1. The Morgan fingerprint density at radius 1 is 1.37 bits per heavy atom. The molecule has 0 spiro atoms. The Kier molecular flexibility index (Phi) is 3.66. The van der Waals surface area contributed by atoms with Crippen LogP contribution in [0.15, 0.2) is 30.3 Å². The molecule has 0 unspecified atom stereocenters. The lowest BCUT2D eigenvalue weighted by molar-refractivity contribution is -0.118. The van der Waals surface area contributed by atoms with Gasteiger partial charge in [0.15, 0.2) is 0 Å².